The van der Waals surface area contributed by atoms with Crippen molar-refractivity contribution in [3.8, 4) is 0 Å². The van der Waals surface area contributed by atoms with E-state index >= 15 is 0 Å². The third kappa shape index (κ3) is 4.23. The van der Waals surface area contributed by atoms with E-state index in [1.165, 1.54) is 6.42 Å². The molecule has 17 heavy (non-hydrogen) atoms. The highest BCUT2D eigenvalue weighted by atomic mass is 32.2. The Labute approximate surface area is 105 Å². The van der Waals surface area contributed by atoms with Gasteiger partial charge in [0.05, 0.1) is 11.5 Å². The lowest BCUT2D eigenvalue weighted by molar-refractivity contribution is 0.230. The lowest BCUT2D eigenvalue weighted by atomic mass is 10.0. The molecule has 0 aliphatic carbocycles. The quantitative estimate of drug-likeness (QED) is 0.785. The molecule has 0 amide bonds. The Morgan fingerprint density at radius 1 is 1.35 bits per heavy atom. The standard InChI is InChI=1S/C12H24N2O2S/c1-11-8-14(6-3-5-13-11)9-12-4-2-7-17(15,16)10-12/h11-13H,2-10H2,1H3. The first-order valence-corrected chi connectivity index (χ1v) is 8.53. The summed E-state index contributed by atoms with van der Waals surface area (Å²) >= 11 is 0. The van der Waals surface area contributed by atoms with E-state index in [1.54, 1.807) is 0 Å². The molecule has 1 N–H and O–H groups in total. The summed E-state index contributed by atoms with van der Waals surface area (Å²) in [5, 5.41) is 3.47. The van der Waals surface area contributed by atoms with Crippen LogP contribution in [0.25, 0.3) is 0 Å². The molecule has 2 aliphatic rings. The first kappa shape index (κ1) is 13.3. The Bertz CT molecular complexity index is 342. The number of nitrogens with one attached hydrogen (secondary N) is 1. The number of nitrogens with zero attached hydrogens (tertiary/aromatic N) is 1. The van der Waals surface area contributed by atoms with Crippen LogP contribution in [0.3, 0.4) is 0 Å². The summed E-state index contributed by atoms with van der Waals surface area (Å²) in [5.74, 6) is 1.17. The van der Waals surface area contributed by atoms with Crippen molar-refractivity contribution in [3.63, 3.8) is 0 Å². The topological polar surface area (TPSA) is 49.4 Å². The zero-order chi connectivity index (χ0) is 12.3. The van der Waals surface area contributed by atoms with Crippen molar-refractivity contribution in [3.05, 3.63) is 0 Å². The second-order valence-corrected chi connectivity index (χ2v) is 7.82. The fraction of sp³-hybridized carbons (Fsp3) is 1.00. The molecule has 5 heteroatoms. The average Bonchev–Trinajstić information content (AvgIpc) is 2.41. The lowest BCUT2D eigenvalue weighted by Crippen LogP contribution is -2.40. The SMILES string of the molecule is CC1CN(CC2CCCS(=O)(=O)C2)CCCN1. The molecule has 0 saturated carbocycles. The molecule has 100 valence electrons. The maximum absolute atomic E-state index is 11.6. The van der Waals surface area contributed by atoms with Crippen LogP contribution in [-0.2, 0) is 9.84 Å². The number of sulfone groups is 1. The smallest absolute Gasteiger partial charge is 0.150 e. The summed E-state index contributed by atoms with van der Waals surface area (Å²) in [6, 6.07) is 0.526. The van der Waals surface area contributed by atoms with Crippen molar-refractivity contribution < 1.29 is 8.42 Å². The summed E-state index contributed by atoms with van der Waals surface area (Å²) in [4.78, 5) is 2.44. The molecule has 2 rings (SSSR count). The van der Waals surface area contributed by atoms with Gasteiger partial charge in [0.1, 0.15) is 0 Å². The Kier molecular flexibility index (Phi) is 4.44. The largest absolute Gasteiger partial charge is 0.313 e. The average molecular weight is 260 g/mol. The van der Waals surface area contributed by atoms with Gasteiger partial charge in [0.15, 0.2) is 9.84 Å². The second kappa shape index (κ2) is 5.67. The lowest BCUT2D eigenvalue weighted by Gasteiger charge is -2.29. The van der Waals surface area contributed by atoms with Gasteiger partial charge in [-0.25, -0.2) is 8.42 Å². The molecule has 2 unspecified atom stereocenters. The summed E-state index contributed by atoms with van der Waals surface area (Å²) < 4.78 is 23.2. The molecule has 2 atom stereocenters. The third-order valence-corrected chi connectivity index (χ3v) is 5.64. The molecule has 0 bridgehead atoms. The van der Waals surface area contributed by atoms with Crippen LogP contribution in [0.2, 0.25) is 0 Å². The minimum Gasteiger partial charge on any atom is -0.313 e. The van der Waals surface area contributed by atoms with E-state index in [1.807, 2.05) is 0 Å². The van der Waals surface area contributed by atoms with Gasteiger partial charge >= 0.3 is 0 Å². The maximum Gasteiger partial charge on any atom is 0.150 e. The molecule has 2 heterocycles. The van der Waals surface area contributed by atoms with E-state index in [-0.39, 0.29) is 0 Å². The maximum atomic E-state index is 11.6. The van der Waals surface area contributed by atoms with Crippen LogP contribution >= 0.6 is 0 Å². The monoisotopic (exact) mass is 260 g/mol. The highest BCUT2D eigenvalue weighted by molar-refractivity contribution is 7.91. The first-order chi connectivity index (χ1) is 8.05. The Hall–Kier alpha value is -0.130. The van der Waals surface area contributed by atoms with Gasteiger partial charge in [0, 0.05) is 19.1 Å². The molecule has 2 saturated heterocycles. The summed E-state index contributed by atoms with van der Waals surface area (Å²) in [5.41, 5.74) is 0. The first-order valence-electron chi connectivity index (χ1n) is 6.71. The second-order valence-electron chi connectivity index (χ2n) is 5.59. The van der Waals surface area contributed by atoms with Gasteiger partial charge in [-0.05, 0) is 45.2 Å². The van der Waals surface area contributed by atoms with E-state index in [9.17, 15) is 8.42 Å². The molecule has 4 nitrogen and oxygen atoms in total. The summed E-state index contributed by atoms with van der Waals surface area (Å²) in [6.07, 6.45) is 3.11. The highest BCUT2D eigenvalue weighted by Gasteiger charge is 2.27. The van der Waals surface area contributed by atoms with Crippen molar-refractivity contribution in [2.45, 2.75) is 32.2 Å². The molecule has 2 aliphatic heterocycles. The van der Waals surface area contributed by atoms with Gasteiger partial charge in [-0.3, -0.25) is 0 Å². The number of hydrogen-bond donors (Lipinski definition) is 1. The van der Waals surface area contributed by atoms with Crippen LogP contribution in [0, 0.1) is 5.92 Å². The van der Waals surface area contributed by atoms with Gasteiger partial charge in [-0.15, -0.1) is 0 Å². The molecule has 0 aromatic rings. The van der Waals surface area contributed by atoms with Crippen LogP contribution in [-0.4, -0.2) is 57.0 Å². The molecule has 0 aromatic carbocycles. The Balaban J connectivity index is 1.87. The van der Waals surface area contributed by atoms with Crippen molar-refractivity contribution >= 4 is 9.84 Å². The zero-order valence-corrected chi connectivity index (χ0v) is 11.5. The van der Waals surface area contributed by atoms with E-state index in [2.05, 4.69) is 17.1 Å². The predicted octanol–water partition coefficient (Wildman–Crippen LogP) is 0.495. The van der Waals surface area contributed by atoms with Crippen LogP contribution < -0.4 is 5.32 Å². The molecular weight excluding hydrogens is 236 g/mol. The fourth-order valence-electron chi connectivity index (χ4n) is 2.99. The molecule has 2 fully saturated rings. The van der Waals surface area contributed by atoms with Crippen LogP contribution in [0.5, 0.6) is 0 Å². The van der Waals surface area contributed by atoms with Crippen LogP contribution in [0.4, 0.5) is 0 Å². The van der Waals surface area contributed by atoms with E-state index in [0.717, 1.165) is 39.0 Å². The minimum atomic E-state index is -2.75. The predicted molar refractivity (Wildman–Crippen MR) is 69.9 cm³/mol. The normalized spacial score (nSPS) is 35.4. The molecular formula is C12H24N2O2S. The number of hydrogen-bond acceptors (Lipinski definition) is 4. The fourth-order valence-corrected chi connectivity index (χ4v) is 4.75. The molecule has 0 spiro atoms. The van der Waals surface area contributed by atoms with E-state index < -0.39 is 9.84 Å². The van der Waals surface area contributed by atoms with Crippen LogP contribution in [0.1, 0.15) is 26.2 Å². The van der Waals surface area contributed by atoms with Crippen molar-refractivity contribution in [1.82, 2.24) is 10.2 Å². The Morgan fingerprint density at radius 3 is 2.94 bits per heavy atom. The van der Waals surface area contributed by atoms with Gasteiger partial charge in [-0.1, -0.05) is 0 Å². The van der Waals surface area contributed by atoms with Crippen molar-refractivity contribution in [1.29, 1.82) is 0 Å². The highest BCUT2D eigenvalue weighted by Crippen LogP contribution is 2.20. The molecule has 0 radical (unpaired) electrons. The van der Waals surface area contributed by atoms with Gasteiger partial charge < -0.3 is 10.2 Å². The number of rotatable bonds is 2. The van der Waals surface area contributed by atoms with Crippen molar-refractivity contribution in [2.24, 2.45) is 5.92 Å². The van der Waals surface area contributed by atoms with Gasteiger partial charge in [0.2, 0.25) is 0 Å². The van der Waals surface area contributed by atoms with E-state index in [4.69, 9.17) is 0 Å². The third-order valence-electron chi connectivity index (χ3n) is 3.75. The van der Waals surface area contributed by atoms with Gasteiger partial charge in [-0.2, -0.15) is 0 Å². The van der Waals surface area contributed by atoms with Crippen LogP contribution in [0.15, 0.2) is 0 Å². The summed E-state index contributed by atoms with van der Waals surface area (Å²) in [6.45, 7) is 6.41. The summed E-state index contributed by atoms with van der Waals surface area (Å²) in [7, 11) is -2.75. The molecule has 0 aromatic heterocycles. The van der Waals surface area contributed by atoms with E-state index in [0.29, 0.717) is 23.5 Å². The zero-order valence-electron chi connectivity index (χ0n) is 10.7. The van der Waals surface area contributed by atoms with Gasteiger partial charge in [0.25, 0.3) is 0 Å². The Morgan fingerprint density at radius 2 is 2.18 bits per heavy atom. The van der Waals surface area contributed by atoms with Crippen molar-refractivity contribution in [2.75, 3.05) is 37.7 Å². The minimum absolute atomic E-state index is 0.360.